The van der Waals surface area contributed by atoms with Crippen molar-refractivity contribution in [2.24, 2.45) is 0 Å². The fraction of sp³-hybridized carbons (Fsp3) is 0.269. The molecule has 2 aromatic carbocycles. The molecule has 0 unspecified atom stereocenters. The summed E-state index contributed by atoms with van der Waals surface area (Å²) in [6.07, 6.45) is 0.636. The smallest absolute Gasteiger partial charge is 0.256 e. The number of carbonyl (C=O) groups excluding carboxylic acids is 2. The van der Waals surface area contributed by atoms with E-state index in [1.165, 1.54) is 39.6 Å². The average Bonchev–Trinajstić information content (AvgIpc) is 3.35. The van der Waals surface area contributed by atoms with Crippen LogP contribution in [-0.4, -0.2) is 41.0 Å². The highest BCUT2D eigenvalue weighted by atomic mass is 32.1. The van der Waals surface area contributed by atoms with E-state index in [-0.39, 0.29) is 24.1 Å². The molecule has 1 aliphatic heterocycles. The molecule has 182 valence electrons. The highest BCUT2D eigenvalue weighted by Gasteiger charge is 2.44. The Kier molecular flexibility index (Phi) is 7.77. The van der Waals surface area contributed by atoms with Crippen LogP contribution in [0.2, 0.25) is 0 Å². The normalized spacial score (nSPS) is 15.6. The number of rotatable bonds is 9. The van der Waals surface area contributed by atoms with Gasteiger partial charge in [0.15, 0.2) is 5.11 Å². The fourth-order valence-corrected chi connectivity index (χ4v) is 5.30. The zero-order valence-electron chi connectivity index (χ0n) is 19.5. The van der Waals surface area contributed by atoms with E-state index in [1.807, 2.05) is 17.2 Å². The standard InChI is InChI=1S/C26H26FN3O3S2/c1-3-33-21-10-8-20(9-11-21)30-25(32)22(16-24(31)28-19-6-4-18(27)5-7-19)29(26(30)34)14-12-23-17(2)13-15-35-23/h4-11,13,15,22H,3,12,14,16H2,1-2H3,(H,28,31)/t22-/m0/s1. The van der Waals surface area contributed by atoms with Crippen LogP contribution in [0.1, 0.15) is 23.8 Å². The third kappa shape index (κ3) is 5.68. The van der Waals surface area contributed by atoms with E-state index < -0.39 is 6.04 Å². The molecule has 1 aromatic heterocycles. The zero-order chi connectivity index (χ0) is 24.9. The number of thiocarbonyl (C=S) groups is 1. The largest absolute Gasteiger partial charge is 0.494 e. The maximum atomic E-state index is 13.5. The highest BCUT2D eigenvalue weighted by molar-refractivity contribution is 7.80. The molecule has 1 saturated heterocycles. The summed E-state index contributed by atoms with van der Waals surface area (Å²) < 4.78 is 18.7. The predicted molar refractivity (Wildman–Crippen MR) is 141 cm³/mol. The van der Waals surface area contributed by atoms with E-state index >= 15 is 0 Å². The van der Waals surface area contributed by atoms with Crippen molar-refractivity contribution in [2.45, 2.75) is 32.7 Å². The Morgan fingerprint density at radius 2 is 1.86 bits per heavy atom. The van der Waals surface area contributed by atoms with Crippen LogP contribution in [0, 0.1) is 12.7 Å². The number of hydrogen-bond acceptors (Lipinski definition) is 5. The molecular formula is C26H26FN3O3S2. The number of thiophene rings is 1. The van der Waals surface area contributed by atoms with Crippen molar-refractivity contribution in [1.29, 1.82) is 0 Å². The predicted octanol–water partition coefficient (Wildman–Crippen LogP) is 5.17. The van der Waals surface area contributed by atoms with Crippen molar-refractivity contribution < 1.29 is 18.7 Å². The van der Waals surface area contributed by atoms with Gasteiger partial charge in [-0.25, -0.2) is 4.39 Å². The van der Waals surface area contributed by atoms with Gasteiger partial charge in [-0.1, -0.05) is 0 Å². The monoisotopic (exact) mass is 511 g/mol. The number of carbonyl (C=O) groups is 2. The lowest BCUT2D eigenvalue weighted by atomic mass is 10.1. The summed E-state index contributed by atoms with van der Waals surface area (Å²) in [4.78, 5) is 30.9. The summed E-state index contributed by atoms with van der Waals surface area (Å²) in [6, 6.07) is 14.0. The summed E-state index contributed by atoms with van der Waals surface area (Å²) in [5, 5.41) is 5.15. The topological polar surface area (TPSA) is 61.9 Å². The minimum Gasteiger partial charge on any atom is -0.494 e. The van der Waals surface area contributed by atoms with Crippen LogP contribution < -0.4 is 15.0 Å². The maximum absolute atomic E-state index is 13.5. The lowest BCUT2D eigenvalue weighted by molar-refractivity contribution is -0.124. The second-order valence-electron chi connectivity index (χ2n) is 8.13. The van der Waals surface area contributed by atoms with Crippen molar-refractivity contribution in [3.8, 4) is 5.75 Å². The number of hydrogen-bond donors (Lipinski definition) is 1. The SMILES string of the molecule is CCOc1ccc(N2C(=O)[C@H](CC(=O)Nc3ccc(F)cc3)N(CCc3sccc3C)C2=S)cc1. The molecule has 2 heterocycles. The van der Waals surface area contributed by atoms with Crippen molar-refractivity contribution in [3.63, 3.8) is 0 Å². The molecule has 0 saturated carbocycles. The second kappa shape index (κ2) is 11.0. The van der Waals surface area contributed by atoms with E-state index in [9.17, 15) is 14.0 Å². The first kappa shape index (κ1) is 24.8. The maximum Gasteiger partial charge on any atom is 0.256 e. The Morgan fingerprint density at radius 3 is 2.49 bits per heavy atom. The van der Waals surface area contributed by atoms with Crippen molar-refractivity contribution in [2.75, 3.05) is 23.4 Å². The summed E-state index contributed by atoms with van der Waals surface area (Å²) in [5.41, 5.74) is 2.29. The number of aryl methyl sites for hydroxylation is 1. The number of halogens is 1. The Bertz CT molecular complexity index is 1210. The Labute approximate surface area is 213 Å². The van der Waals surface area contributed by atoms with E-state index in [0.717, 1.165) is 0 Å². The van der Waals surface area contributed by atoms with E-state index in [1.54, 1.807) is 35.6 Å². The highest BCUT2D eigenvalue weighted by Crippen LogP contribution is 2.30. The van der Waals surface area contributed by atoms with Gasteiger partial charge in [-0.15, -0.1) is 11.3 Å². The molecule has 0 radical (unpaired) electrons. The summed E-state index contributed by atoms with van der Waals surface area (Å²) in [5.74, 6) is -0.283. The van der Waals surface area contributed by atoms with Gasteiger partial charge in [-0.3, -0.25) is 14.5 Å². The zero-order valence-corrected chi connectivity index (χ0v) is 21.1. The number of nitrogens with one attached hydrogen (secondary N) is 1. The van der Waals surface area contributed by atoms with Crippen LogP contribution >= 0.6 is 23.6 Å². The lowest BCUT2D eigenvalue weighted by Crippen LogP contribution is -2.39. The second-order valence-corrected chi connectivity index (χ2v) is 9.49. The van der Waals surface area contributed by atoms with Gasteiger partial charge in [0.1, 0.15) is 17.6 Å². The van der Waals surface area contributed by atoms with Crippen LogP contribution in [0.25, 0.3) is 0 Å². The van der Waals surface area contributed by atoms with E-state index in [0.29, 0.717) is 41.8 Å². The minimum atomic E-state index is -0.741. The molecule has 0 bridgehead atoms. The molecule has 1 atom stereocenters. The number of nitrogens with zero attached hydrogens (tertiary/aromatic N) is 2. The molecule has 1 fully saturated rings. The number of anilines is 2. The summed E-state index contributed by atoms with van der Waals surface area (Å²) in [6.45, 7) is 5.01. The van der Waals surface area contributed by atoms with Crippen LogP contribution in [0.15, 0.2) is 60.0 Å². The first-order valence-corrected chi connectivity index (χ1v) is 12.6. The number of benzene rings is 2. The first-order chi connectivity index (χ1) is 16.9. The van der Waals surface area contributed by atoms with E-state index in [4.69, 9.17) is 17.0 Å². The van der Waals surface area contributed by atoms with Crippen LogP contribution in [0.4, 0.5) is 15.8 Å². The van der Waals surface area contributed by atoms with Crippen LogP contribution in [-0.2, 0) is 16.0 Å². The van der Waals surface area contributed by atoms with Gasteiger partial charge in [0.25, 0.3) is 5.91 Å². The molecule has 4 rings (SSSR count). The third-order valence-electron chi connectivity index (χ3n) is 5.78. The molecule has 3 aromatic rings. The van der Waals surface area contributed by atoms with Crippen LogP contribution in [0.5, 0.6) is 5.75 Å². The Hall–Kier alpha value is -3.30. The summed E-state index contributed by atoms with van der Waals surface area (Å²) in [7, 11) is 0. The van der Waals surface area contributed by atoms with E-state index in [2.05, 4.69) is 18.3 Å². The third-order valence-corrected chi connectivity index (χ3v) is 7.28. The van der Waals surface area contributed by atoms with Crippen LogP contribution in [0.3, 0.4) is 0 Å². The van der Waals surface area contributed by atoms with Crippen molar-refractivity contribution >= 4 is 51.9 Å². The average molecular weight is 512 g/mol. The molecule has 2 amide bonds. The number of ether oxygens (including phenoxy) is 1. The van der Waals surface area contributed by atoms with Gasteiger partial charge >= 0.3 is 0 Å². The molecule has 35 heavy (non-hydrogen) atoms. The first-order valence-electron chi connectivity index (χ1n) is 11.3. The van der Waals surface area contributed by atoms with Gasteiger partial charge in [0, 0.05) is 17.1 Å². The molecular weight excluding hydrogens is 485 g/mol. The van der Waals surface area contributed by atoms with Crippen molar-refractivity contribution in [1.82, 2.24) is 4.90 Å². The number of amides is 2. The lowest BCUT2D eigenvalue weighted by Gasteiger charge is -2.24. The Balaban J connectivity index is 1.55. The molecule has 1 aliphatic rings. The molecule has 1 N–H and O–H groups in total. The van der Waals surface area contributed by atoms with Gasteiger partial charge in [0.2, 0.25) is 5.91 Å². The van der Waals surface area contributed by atoms with Gasteiger partial charge in [0.05, 0.1) is 18.7 Å². The Morgan fingerprint density at radius 1 is 1.14 bits per heavy atom. The van der Waals surface area contributed by atoms with Crippen molar-refractivity contribution in [3.05, 3.63) is 76.2 Å². The molecule has 9 heteroatoms. The molecule has 6 nitrogen and oxygen atoms in total. The fourth-order valence-electron chi connectivity index (χ4n) is 3.99. The molecule has 0 spiro atoms. The van der Waals surface area contributed by atoms with Gasteiger partial charge in [-0.2, -0.15) is 0 Å². The quantitative estimate of drug-likeness (QED) is 0.402. The van der Waals surface area contributed by atoms with Gasteiger partial charge < -0.3 is 15.0 Å². The minimum absolute atomic E-state index is 0.0761. The molecule has 0 aliphatic carbocycles. The summed E-state index contributed by atoms with van der Waals surface area (Å²) >= 11 is 7.40. The van der Waals surface area contributed by atoms with Gasteiger partial charge in [-0.05, 0) is 98.0 Å².